The highest BCUT2D eigenvalue weighted by molar-refractivity contribution is 7.99. The molecule has 1 rings (SSSR count). The van der Waals surface area contributed by atoms with Crippen molar-refractivity contribution in [2.45, 2.75) is 43.5 Å². The third-order valence-electron chi connectivity index (χ3n) is 2.70. The number of hydrogen-bond acceptors (Lipinski definition) is 3. The maximum Gasteiger partial charge on any atom is 0.315 e. The first-order valence-electron chi connectivity index (χ1n) is 5.36. The van der Waals surface area contributed by atoms with E-state index < -0.39 is 0 Å². The molecule has 1 saturated carbocycles. The maximum atomic E-state index is 11.4. The summed E-state index contributed by atoms with van der Waals surface area (Å²) in [5.41, 5.74) is 0. The van der Waals surface area contributed by atoms with Crippen molar-refractivity contribution >= 4 is 17.8 Å². The molecule has 0 radical (unpaired) electrons. The summed E-state index contributed by atoms with van der Waals surface area (Å²) in [4.78, 5) is 11.4. The number of aliphatic hydroxyl groups is 1. The minimum absolute atomic E-state index is 0.0223. The van der Waals surface area contributed by atoms with Crippen LogP contribution in [0.3, 0.4) is 0 Å². The van der Waals surface area contributed by atoms with Crippen molar-refractivity contribution in [1.29, 1.82) is 0 Å². The third kappa shape index (κ3) is 4.30. The van der Waals surface area contributed by atoms with Gasteiger partial charge in [0.05, 0.1) is 12.6 Å². The van der Waals surface area contributed by atoms with Crippen LogP contribution in [0.15, 0.2) is 0 Å². The summed E-state index contributed by atoms with van der Waals surface area (Å²) in [6.07, 6.45) is 5.41. The van der Waals surface area contributed by atoms with Crippen LogP contribution in [0.25, 0.3) is 0 Å². The second-order valence-corrected chi connectivity index (χ2v) is 5.21. The van der Waals surface area contributed by atoms with Gasteiger partial charge < -0.3 is 15.7 Å². The lowest BCUT2D eigenvalue weighted by Crippen LogP contribution is -2.45. The molecule has 4 nitrogen and oxygen atoms in total. The Morgan fingerprint density at radius 2 is 2.33 bits per heavy atom. The van der Waals surface area contributed by atoms with Crippen LogP contribution >= 0.6 is 11.8 Å². The van der Waals surface area contributed by atoms with Crippen LogP contribution in [0, 0.1) is 0 Å². The molecule has 3 unspecified atom stereocenters. The Labute approximate surface area is 95.2 Å². The van der Waals surface area contributed by atoms with Crippen molar-refractivity contribution in [3.05, 3.63) is 0 Å². The van der Waals surface area contributed by atoms with Crippen molar-refractivity contribution in [2.75, 3.05) is 12.9 Å². The molecule has 3 atom stereocenters. The third-order valence-corrected chi connectivity index (χ3v) is 3.80. The first-order valence-corrected chi connectivity index (χ1v) is 6.65. The zero-order chi connectivity index (χ0) is 11.3. The Bertz CT molecular complexity index is 214. The highest BCUT2D eigenvalue weighted by atomic mass is 32.2. The fourth-order valence-corrected chi connectivity index (χ4v) is 2.58. The molecule has 5 heteroatoms. The van der Waals surface area contributed by atoms with Gasteiger partial charge >= 0.3 is 6.03 Å². The van der Waals surface area contributed by atoms with E-state index in [1.807, 2.05) is 11.8 Å². The van der Waals surface area contributed by atoms with E-state index in [0.717, 1.165) is 12.8 Å². The molecule has 88 valence electrons. The van der Waals surface area contributed by atoms with Gasteiger partial charge in [-0.05, 0) is 32.4 Å². The summed E-state index contributed by atoms with van der Waals surface area (Å²) in [5, 5.41) is 15.1. The van der Waals surface area contributed by atoms with Gasteiger partial charge in [0.15, 0.2) is 0 Å². The quantitative estimate of drug-likeness (QED) is 0.676. The first kappa shape index (κ1) is 12.6. The number of carbonyl (C=O) groups is 1. The summed E-state index contributed by atoms with van der Waals surface area (Å²) < 4.78 is 0. The van der Waals surface area contributed by atoms with E-state index in [9.17, 15) is 4.79 Å². The molecule has 1 aliphatic rings. The SMILES string of the molecule is CSC1CCC(NC(=O)NC(C)CO)C1. The van der Waals surface area contributed by atoms with Crippen LogP contribution in [0.1, 0.15) is 26.2 Å². The van der Waals surface area contributed by atoms with Gasteiger partial charge in [0.1, 0.15) is 0 Å². The monoisotopic (exact) mass is 232 g/mol. The van der Waals surface area contributed by atoms with E-state index in [0.29, 0.717) is 11.3 Å². The predicted octanol–water partition coefficient (Wildman–Crippen LogP) is 0.950. The van der Waals surface area contributed by atoms with Crippen LogP contribution in [-0.4, -0.2) is 41.3 Å². The molecule has 0 aromatic heterocycles. The Morgan fingerprint density at radius 3 is 2.87 bits per heavy atom. The highest BCUT2D eigenvalue weighted by Crippen LogP contribution is 2.27. The summed E-state index contributed by atoms with van der Waals surface area (Å²) >= 11 is 1.87. The van der Waals surface area contributed by atoms with Gasteiger partial charge in [0, 0.05) is 11.3 Å². The zero-order valence-electron chi connectivity index (χ0n) is 9.32. The standard InChI is InChI=1S/C10H20N2O2S/c1-7(6-13)11-10(14)12-8-3-4-9(5-8)15-2/h7-9,13H,3-6H2,1-2H3,(H2,11,12,14). The first-order chi connectivity index (χ1) is 7.15. The van der Waals surface area contributed by atoms with Crippen LogP contribution < -0.4 is 10.6 Å². The number of carbonyl (C=O) groups excluding carboxylic acids is 1. The number of thioether (sulfide) groups is 1. The Kier molecular flexibility index (Phi) is 5.25. The smallest absolute Gasteiger partial charge is 0.315 e. The van der Waals surface area contributed by atoms with Gasteiger partial charge in [-0.3, -0.25) is 0 Å². The van der Waals surface area contributed by atoms with Crippen molar-refractivity contribution in [1.82, 2.24) is 10.6 Å². The van der Waals surface area contributed by atoms with Crippen molar-refractivity contribution in [3.63, 3.8) is 0 Å². The largest absolute Gasteiger partial charge is 0.394 e. The lowest BCUT2D eigenvalue weighted by atomic mass is 10.2. The second-order valence-electron chi connectivity index (χ2n) is 4.07. The summed E-state index contributed by atoms with van der Waals surface area (Å²) in [7, 11) is 0. The van der Waals surface area contributed by atoms with Crippen molar-refractivity contribution in [2.24, 2.45) is 0 Å². The highest BCUT2D eigenvalue weighted by Gasteiger charge is 2.25. The molecule has 0 aromatic carbocycles. The van der Waals surface area contributed by atoms with Gasteiger partial charge in [-0.2, -0.15) is 11.8 Å². The Hall–Kier alpha value is -0.420. The lowest BCUT2D eigenvalue weighted by molar-refractivity contribution is 0.217. The minimum Gasteiger partial charge on any atom is -0.394 e. The Balaban J connectivity index is 2.21. The normalized spacial score (nSPS) is 27.4. The molecule has 1 aliphatic carbocycles. The lowest BCUT2D eigenvalue weighted by Gasteiger charge is -2.16. The fourth-order valence-electron chi connectivity index (χ4n) is 1.78. The van der Waals surface area contributed by atoms with E-state index in [1.165, 1.54) is 6.42 Å². The van der Waals surface area contributed by atoms with E-state index in [1.54, 1.807) is 6.92 Å². The Morgan fingerprint density at radius 1 is 1.60 bits per heavy atom. The van der Waals surface area contributed by atoms with Gasteiger partial charge in [-0.25, -0.2) is 4.79 Å². The topological polar surface area (TPSA) is 61.4 Å². The molecule has 1 fully saturated rings. The molecule has 0 heterocycles. The molecule has 0 aromatic rings. The average molecular weight is 232 g/mol. The van der Waals surface area contributed by atoms with Gasteiger partial charge in [-0.1, -0.05) is 0 Å². The van der Waals surface area contributed by atoms with Crippen LogP contribution in [0.5, 0.6) is 0 Å². The molecule has 15 heavy (non-hydrogen) atoms. The molecule has 0 spiro atoms. The molecule has 0 saturated heterocycles. The number of aliphatic hydroxyl groups excluding tert-OH is 1. The van der Waals surface area contributed by atoms with E-state index in [2.05, 4.69) is 16.9 Å². The van der Waals surface area contributed by atoms with E-state index in [-0.39, 0.29) is 18.7 Å². The van der Waals surface area contributed by atoms with Gasteiger partial charge in [0.2, 0.25) is 0 Å². The number of urea groups is 1. The van der Waals surface area contributed by atoms with Crippen LogP contribution in [0.4, 0.5) is 4.79 Å². The summed E-state index contributed by atoms with van der Waals surface area (Å²) in [6, 6.07) is -0.0422. The van der Waals surface area contributed by atoms with Crippen LogP contribution in [-0.2, 0) is 0 Å². The number of rotatable bonds is 4. The molecular weight excluding hydrogens is 212 g/mol. The second kappa shape index (κ2) is 6.23. The summed E-state index contributed by atoms with van der Waals surface area (Å²) in [5.74, 6) is 0. The molecule has 0 aliphatic heterocycles. The fraction of sp³-hybridized carbons (Fsp3) is 0.900. The molecule has 2 amide bonds. The molecule has 3 N–H and O–H groups in total. The van der Waals surface area contributed by atoms with E-state index >= 15 is 0 Å². The van der Waals surface area contributed by atoms with Crippen molar-refractivity contribution < 1.29 is 9.90 Å². The minimum atomic E-state index is -0.178. The number of nitrogens with one attached hydrogen (secondary N) is 2. The zero-order valence-corrected chi connectivity index (χ0v) is 10.1. The number of hydrogen-bond donors (Lipinski definition) is 3. The van der Waals surface area contributed by atoms with E-state index in [4.69, 9.17) is 5.11 Å². The molecule has 0 bridgehead atoms. The van der Waals surface area contributed by atoms with Crippen molar-refractivity contribution in [3.8, 4) is 0 Å². The summed E-state index contributed by atoms with van der Waals surface area (Å²) in [6.45, 7) is 1.75. The average Bonchev–Trinajstić information content (AvgIpc) is 2.65. The number of amides is 2. The van der Waals surface area contributed by atoms with Gasteiger partial charge in [-0.15, -0.1) is 0 Å². The predicted molar refractivity (Wildman–Crippen MR) is 63.2 cm³/mol. The maximum absolute atomic E-state index is 11.4. The van der Waals surface area contributed by atoms with Gasteiger partial charge in [0.25, 0.3) is 0 Å². The molecular formula is C10H20N2O2S. The van der Waals surface area contributed by atoms with Crippen LogP contribution in [0.2, 0.25) is 0 Å².